The molecular weight excluding hydrogens is 252 g/mol. The van der Waals surface area contributed by atoms with Gasteiger partial charge in [0, 0.05) is 65.4 Å². The molecule has 0 aromatic heterocycles. The third-order valence-electron chi connectivity index (χ3n) is 3.11. The third kappa shape index (κ3) is 14.2. The van der Waals surface area contributed by atoms with Gasteiger partial charge in [0.25, 0.3) is 0 Å². The number of nitrogens with one attached hydrogen (secondary N) is 4. The molecule has 0 aliphatic rings. The Bertz CT molecular complexity index is 167. The van der Waals surface area contributed by atoms with E-state index in [0.29, 0.717) is 6.54 Å². The lowest BCUT2D eigenvalue weighted by atomic mass is 10.4. The monoisotopic (exact) mass is 288 g/mol. The fourth-order valence-corrected chi connectivity index (χ4v) is 1.91. The van der Waals surface area contributed by atoms with Crippen LogP contribution in [-0.2, 0) is 0 Å². The molecule has 0 aromatic carbocycles. The molecule has 0 heterocycles. The zero-order chi connectivity index (χ0) is 14.9. The van der Waals surface area contributed by atoms with Crippen molar-refractivity contribution in [2.45, 2.75) is 13.3 Å². The van der Waals surface area contributed by atoms with E-state index in [1.807, 2.05) is 7.05 Å². The van der Waals surface area contributed by atoms with Gasteiger partial charge in [-0.15, -0.1) is 0 Å². The largest absolute Gasteiger partial charge is 0.329 e. The summed E-state index contributed by atoms with van der Waals surface area (Å²) in [5, 5.41) is 13.4. The van der Waals surface area contributed by atoms with E-state index < -0.39 is 0 Å². The van der Waals surface area contributed by atoms with Crippen molar-refractivity contribution in [1.29, 1.82) is 0 Å². The number of likely N-dealkylation sites (N-methyl/N-ethyl adjacent to an activating group) is 1. The number of hydrogen-bond acceptors (Lipinski definition) is 6. The number of hydrogen-bond donors (Lipinski definition) is 5. The highest BCUT2D eigenvalue weighted by Gasteiger charge is 2.03. The van der Waals surface area contributed by atoms with Crippen LogP contribution < -0.4 is 27.0 Å². The molecule has 0 fully saturated rings. The molecule has 0 saturated heterocycles. The topological polar surface area (TPSA) is 77.4 Å². The Morgan fingerprint density at radius 3 is 1.80 bits per heavy atom. The maximum Gasteiger partial charge on any atom is 0.0108 e. The second-order valence-electron chi connectivity index (χ2n) is 4.98. The predicted octanol–water partition coefficient (Wildman–Crippen LogP) is -1.35. The molecule has 0 radical (unpaired) electrons. The Kier molecular flexibility index (Phi) is 16.6. The van der Waals surface area contributed by atoms with E-state index in [4.69, 9.17) is 5.73 Å². The number of nitrogens with two attached hydrogens (primary N) is 1. The molecule has 0 unspecified atom stereocenters. The minimum absolute atomic E-state index is 0.712. The van der Waals surface area contributed by atoms with Gasteiger partial charge in [-0.3, -0.25) is 4.90 Å². The summed E-state index contributed by atoms with van der Waals surface area (Å²) in [6.07, 6.45) is 1.20. The SMILES string of the molecule is CCCNCCN(CCNCCN)CCNCCNC. The van der Waals surface area contributed by atoms with E-state index in [9.17, 15) is 0 Å². The van der Waals surface area contributed by atoms with Crippen molar-refractivity contribution in [3.63, 3.8) is 0 Å². The molecule has 6 N–H and O–H groups in total. The smallest absolute Gasteiger partial charge is 0.0108 e. The molecule has 0 amide bonds. The van der Waals surface area contributed by atoms with Gasteiger partial charge in [-0.05, 0) is 20.0 Å². The molecule has 6 nitrogen and oxygen atoms in total. The molecule has 0 saturated carbocycles. The van der Waals surface area contributed by atoms with Crippen LogP contribution in [-0.4, -0.2) is 83.9 Å². The molecule has 20 heavy (non-hydrogen) atoms. The normalized spacial score (nSPS) is 11.4. The summed E-state index contributed by atoms with van der Waals surface area (Å²) in [6.45, 7) is 13.4. The first-order valence-corrected chi connectivity index (χ1v) is 8.04. The van der Waals surface area contributed by atoms with Crippen LogP contribution in [0.3, 0.4) is 0 Å². The maximum atomic E-state index is 5.48. The average molecular weight is 288 g/mol. The molecule has 0 aliphatic heterocycles. The van der Waals surface area contributed by atoms with Gasteiger partial charge in [-0.2, -0.15) is 0 Å². The summed E-state index contributed by atoms with van der Waals surface area (Å²) in [5.74, 6) is 0. The molecule has 0 rings (SSSR count). The van der Waals surface area contributed by atoms with Crippen LogP contribution in [0.15, 0.2) is 0 Å². The summed E-state index contributed by atoms with van der Waals surface area (Å²) in [7, 11) is 1.98. The van der Waals surface area contributed by atoms with E-state index in [1.165, 1.54) is 6.42 Å². The molecular formula is C14H36N6. The lowest BCUT2D eigenvalue weighted by Gasteiger charge is -2.23. The van der Waals surface area contributed by atoms with Crippen molar-refractivity contribution in [2.75, 3.05) is 79.0 Å². The fraction of sp³-hybridized carbons (Fsp3) is 1.00. The van der Waals surface area contributed by atoms with Crippen LogP contribution in [0, 0.1) is 0 Å². The van der Waals surface area contributed by atoms with E-state index in [1.54, 1.807) is 0 Å². The summed E-state index contributed by atoms with van der Waals surface area (Å²) >= 11 is 0. The lowest BCUT2D eigenvalue weighted by Crippen LogP contribution is -2.41. The van der Waals surface area contributed by atoms with Gasteiger partial charge in [-0.1, -0.05) is 6.92 Å². The maximum absolute atomic E-state index is 5.48. The van der Waals surface area contributed by atoms with Gasteiger partial charge in [0.05, 0.1) is 0 Å². The number of nitrogens with zero attached hydrogens (tertiary/aromatic N) is 1. The Morgan fingerprint density at radius 1 is 0.750 bits per heavy atom. The number of rotatable bonds is 16. The van der Waals surface area contributed by atoms with Gasteiger partial charge in [0.1, 0.15) is 0 Å². The molecule has 0 aromatic rings. The van der Waals surface area contributed by atoms with E-state index in [-0.39, 0.29) is 0 Å². The fourth-order valence-electron chi connectivity index (χ4n) is 1.91. The Balaban J connectivity index is 3.67. The van der Waals surface area contributed by atoms with Gasteiger partial charge < -0.3 is 27.0 Å². The minimum atomic E-state index is 0.712. The highest BCUT2D eigenvalue weighted by atomic mass is 15.2. The Labute approximate surface area is 125 Å². The molecule has 0 bridgehead atoms. The van der Waals surface area contributed by atoms with Crippen molar-refractivity contribution in [3.05, 3.63) is 0 Å². The first-order chi connectivity index (χ1) is 9.85. The molecule has 0 atom stereocenters. The van der Waals surface area contributed by atoms with Crippen LogP contribution in [0.2, 0.25) is 0 Å². The Morgan fingerprint density at radius 2 is 1.30 bits per heavy atom. The third-order valence-corrected chi connectivity index (χ3v) is 3.11. The minimum Gasteiger partial charge on any atom is -0.329 e. The van der Waals surface area contributed by atoms with Gasteiger partial charge in [0.2, 0.25) is 0 Å². The first-order valence-electron chi connectivity index (χ1n) is 8.04. The van der Waals surface area contributed by atoms with Gasteiger partial charge in [0.15, 0.2) is 0 Å². The average Bonchev–Trinajstić information content (AvgIpc) is 2.47. The molecule has 122 valence electrons. The van der Waals surface area contributed by atoms with Gasteiger partial charge in [-0.25, -0.2) is 0 Å². The first kappa shape index (κ1) is 19.8. The van der Waals surface area contributed by atoms with Crippen LogP contribution in [0.25, 0.3) is 0 Å². The Hall–Kier alpha value is -0.240. The lowest BCUT2D eigenvalue weighted by molar-refractivity contribution is 0.272. The van der Waals surface area contributed by atoms with Crippen LogP contribution in [0.5, 0.6) is 0 Å². The molecule has 0 spiro atoms. The van der Waals surface area contributed by atoms with Crippen molar-refractivity contribution in [2.24, 2.45) is 5.73 Å². The summed E-state index contributed by atoms with van der Waals surface area (Å²) < 4.78 is 0. The van der Waals surface area contributed by atoms with Crippen molar-refractivity contribution >= 4 is 0 Å². The van der Waals surface area contributed by atoms with Crippen molar-refractivity contribution < 1.29 is 0 Å². The van der Waals surface area contributed by atoms with E-state index in [0.717, 1.165) is 65.4 Å². The van der Waals surface area contributed by atoms with Crippen molar-refractivity contribution in [3.8, 4) is 0 Å². The van der Waals surface area contributed by atoms with Crippen LogP contribution in [0.4, 0.5) is 0 Å². The highest BCUT2D eigenvalue weighted by Crippen LogP contribution is 1.86. The van der Waals surface area contributed by atoms with E-state index >= 15 is 0 Å². The zero-order valence-electron chi connectivity index (χ0n) is 13.5. The molecule has 6 heteroatoms. The summed E-state index contributed by atoms with van der Waals surface area (Å²) in [6, 6.07) is 0. The zero-order valence-corrected chi connectivity index (χ0v) is 13.5. The van der Waals surface area contributed by atoms with Crippen LogP contribution >= 0.6 is 0 Å². The van der Waals surface area contributed by atoms with Crippen LogP contribution in [0.1, 0.15) is 13.3 Å². The van der Waals surface area contributed by atoms with Crippen molar-refractivity contribution in [1.82, 2.24) is 26.2 Å². The summed E-state index contributed by atoms with van der Waals surface area (Å²) in [4.78, 5) is 2.50. The van der Waals surface area contributed by atoms with E-state index in [2.05, 4.69) is 33.1 Å². The summed E-state index contributed by atoms with van der Waals surface area (Å²) in [5.41, 5.74) is 5.48. The highest BCUT2D eigenvalue weighted by molar-refractivity contribution is 4.64. The second-order valence-corrected chi connectivity index (χ2v) is 4.98. The molecule has 0 aliphatic carbocycles. The predicted molar refractivity (Wildman–Crippen MR) is 88.3 cm³/mol. The quantitative estimate of drug-likeness (QED) is 0.226. The van der Waals surface area contributed by atoms with Gasteiger partial charge >= 0.3 is 0 Å². The second kappa shape index (κ2) is 16.8. The standard InChI is InChI=1S/C14H36N6/c1-3-5-17-9-12-20(13-10-18-6-4-15)14-11-19-8-7-16-2/h16-19H,3-15H2,1-2H3.